The van der Waals surface area contributed by atoms with Crippen LogP contribution in [0.1, 0.15) is 49.3 Å². The van der Waals surface area contributed by atoms with Gasteiger partial charge in [0.25, 0.3) is 0 Å². The fourth-order valence-electron chi connectivity index (χ4n) is 3.96. The topological polar surface area (TPSA) is 24.1 Å². The number of halogens is 1. The fraction of sp³-hybridized carbons (Fsp3) is 0.625. The highest BCUT2D eigenvalue weighted by Crippen LogP contribution is 2.50. The van der Waals surface area contributed by atoms with E-state index in [2.05, 4.69) is 10.6 Å². The number of hydrogen-bond donors (Lipinski definition) is 2. The fourth-order valence-corrected chi connectivity index (χ4v) is 3.96. The van der Waals surface area contributed by atoms with Gasteiger partial charge in [0.05, 0.1) is 0 Å². The predicted octanol–water partition coefficient (Wildman–Crippen LogP) is 2.64. The molecule has 0 amide bonds. The molecule has 1 aromatic carbocycles. The minimum absolute atomic E-state index is 0.0799. The molecule has 1 saturated heterocycles. The SMILES string of the molecule is Fc1ccc2c(c1)C1(CCNCC1)CC2NC1CC1. The minimum Gasteiger partial charge on any atom is -0.317 e. The quantitative estimate of drug-likeness (QED) is 0.854. The molecule has 1 saturated carbocycles. The molecule has 2 nitrogen and oxygen atoms in total. The molecule has 3 aliphatic rings. The van der Waals surface area contributed by atoms with Gasteiger partial charge in [-0.05, 0) is 73.9 Å². The zero-order valence-electron chi connectivity index (χ0n) is 11.2. The first-order valence-electron chi connectivity index (χ1n) is 7.54. The first-order chi connectivity index (χ1) is 9.27. The lowest BCUT2D eigenvalue weighted by molar-refractivity contribution is 0.282. The molecule has 1 aromatic rings. The summed E-state index contributed by atoms with van der Waals surface area (Å²) in [6.45, 7) is 2.12. The van der Waals surface area contributed by atoms with Crippen LogP contribution >= 0.6 is 0 Å². The van der Waals surface area contributed by atoms with E-state index >= 15 is 0 Å². The van der Waals surface area contributed by atoms with E-state index < -0.39 is 0 Å². The Bertz CT molecular complexity index is 490. The molecule has 1 spiro atoms. The average molecular weight is 260 g/mol. The maximum atomic E-state index is 13.7. The monoisotopic (exact) mass is 260 g/mol. The standard InChI is InChI=1S/C16H21FN2/c17-11-1-4-13-14(9-11)16(5-7-18-8-6-16)10-15(13)19-12-2-3-12/h1,4,9,12,15,18-19H,2-3,5-8,10H2. The number of nitrogens with one attached hydrogen (secondary N) is 2. The van der Waals surface area contributed by atoms with Crippen LogP contribution in [0.25, 0.3) is 0 Å². The lowest BCUT2D eigenvalue weighted by Gasteiger charge is -2.35. The molecule has 2 aliphatic carbocycles. The number of hydrogen-bond acceptors (Lipinski definition) is 2. The molecule has 0 bridgehead atoms. The van der Waals surface area contributed by atoms with E-state index in [1.165, 1.54) is 24.0 Å². The van der Waals surface area contributed by atoms with Gasteiger partial charge in [-0.3, -0.25) is 0 Å². The second kappa shape index (κ2) is 4.29. The van der Waals surface area contributed by atoms with E-state index in [-0.39, 0.29) is 11.2 Å². The Morgan fingerprint density at radius 3 is 2.74 bits per heavy atom. The molecule has 3 heteroatoms. The molecule has 0 aromatic heterocycles. The molecule has 0 radical (unpaired) electrons. The maximum absolute atomic E-state index is 13.7. The Morgan fingerprint density at radius 1 is 1.21 bits per heavy atom. The van der Waals surface area contributed by atoms with Gasteiger partial charge in [-0.1, -0.05) is 6.07 Å². The second-order valence-electron chi connectivity index (χ2n) is 6.46. The van der Waals surface area contributed by atoms with E-state index in [1.807, 2.05) is 6.07 Å². The van der Waals surface area contributed by atoms with E-state index in [9.17, 15) is 4.39 Å². The van der Waals surface area contributed by atoms with Gasteiger partial charge >= 0.3 is 0 Å². The highest BCUT2D eigenvalue weighted by Gasteiger charge is 2.45. The summed E-state index contributed by atoms with van der Waals surface area (Å²) in [6, 6.07) is 6.60. The molecule has 19 heavy (non-hydrogen) atoms. The van der Waals surface area contributed by atoms with Gasteiger partial charge in [0.15, 0.2) is 0 Å². The third-order valence-electron chi connectivity index (χ3n) is 5.13. The molecule has 1 aliphatic heterocycles. The molecule has 4 rings (SSSR count). The van der Waals surface area contributed by atoms with Crippen LogP contribution in [0.5, 0.6) is 0 Å². The minimum atomic E-state index is -0.0799. The second-order valence-corrected chi connectivity index (χ2v) is 6.46. The molecule has 1 heterocycles. The van der Waals surface area contributed by atoms with Crippen molar-refractivity contribution in [3.63, 3.8) is 0 Å². The van der Waals surface area contributed by atoms with Crippen molar-refractivity contribution in [2.75, 3.05) is 13.1 Å². The Balaban J connectivity index is 1.72. The first kappa shape index (κ1) is 11.9. The Morgan fingerprint density at radius 2 is 2.00 bits per heavy atom. The van der Waals surface area contributed by atoms with E-state index in [0.717, 1.165) is 32.4 Å². The molecule has 1 atom stereocenters. The lowest BCUT2D eigenvalue weighted by atomic mass is 9.74. The Kier molecular flexibility index (Phi) is 2.68. The predicted molar refractivity (Wildman–Crippen MR) is 73.7 cm³/mol. The molecule has 1 unspecified atom stereocenters. The number of piperidine rings is 1. The summed E-state index contributed by atoms with van der Waals surface area (Å²) in [5.74, 6) is -0.0799. The van der Waals surface area contributed by atoms with Crippen molar-refractivity contribution in [3.8, 4) is 0 Å². The van der Waals surface area contributed by atoms with Crippen molar-refractivity contribution >= 4 is 0 Å². The third-order valence-corrected chi connectivity index (χ3v) is 5.13. The average Bonchev–Trinajstić information content (AvgIpc) is 3.18. The van der Waals surface area contributed by atoms with Crippen molar-refractivity contribution in [1.29, 1.82) is 0 Å². The van der Waals surface area contributed by atoms with Gasteiger partial charge in [0, 0.05) is 12.1 Å². The van der Waals surface area contributed by atoms with E-state index in [0.29, 0.717) is 12.1 Å². The molecular formula is C16H21FN2. The zero-order chi connectivity index (χ0) is 12.9. The smallest absolute Gasteiger partial charge is 0.123 e. The summed E-state index contributed by atoms with van der Waals surface area (Å²) in [4.78, 5) is 0. The van der Waals surface area contributed by atoms with Crippen LogP contribution in [0.4, 0.5) is 4.39 Å². The van der Waals surface area contributed by atoms with E-state index in [1.54, 1.807) is 12.1 Å². The van der Waals surface area contributed by atoms with Gasteiger partial charge in [0.2, 0.25) is 0 Å². The summed E-state index contributed by atoms with van der Waals surface area (Å²) < 4.78 is 13.7. The molecule has 102 valence electrons. The summed E-state index contributed by atoms with van der Waals surface area (Å²) in [6.07, 6.45) is 6.06. The van der Waals surface area contributed by atoms with Crippen molar-refractivity contribution in [2.45, 2.75) is 49.6 Å². The summed E-state index contributed by atoms with van der Waals surface area (Å²) in [5.41, 5.74) is 2.86. The van der Waals surface area contributed by atoms with Crippen molar-refractivity contribution in [2.24, 2.45) is 0 Å². The van der Waals surface area contributed by atoms with Crippen LogP contribution in [0.2, 0.25) is 0 Å². The number of benzene rings is 1. The number of rotatable bonds is 2. The van der Waals surface area contributed by atoms with Crippen molar-refractivity contribution < 1.29 is 4.39 Å². The van der Waals surface area contributed by atoms with Crippen LogP contribution in [0.15, 0.2) is 18.2 Å². The normalized spacial score (nSPS) is 28.6. The highest BCUT2D eigenvalue weighted by molar-refractivity contribution is 5.43. The van der Waals surface area contributed by atoms with Gasteiger partial charge in [0.1, 0.15) is 5.82 Å². The van der Waals surface area contributed by atoms with Crippen LogP contribution in [0, 0.1) is 5.82 Å². The summed E-state index contributed by atoms with van der Waals surface area (Å²) in [5, 5.41) is 7.19. The Hall–Kier alpha value is -0.930. The van der Waals surface area contributed by atoms with Gasteiger partial charge < -0.3 is 10.6 Å². The van der Waals surface area contributed by atoms with Crippen LogP contribution in [-0.4, -0.2) is 19.1 Å². The lowest BCUT2D eigenvalue weighted by Crippen LogP contribution is -2.39. The highest BCUT2D eigenvalue weighted by atomic mass is 19.1. The van der Waals surface area contributed by atoms with E-state index in [4.69, 9.17) is 0 Å². The van der Waals surface area contributed by atoms with Crippen LogP contribution < -0.4 is 10.6 Å². The third kappa shape index (κ3) is 2.00. The molecule has 2 N–H and O–H groups in total. The molecule has 2 fully saturated rings. The summed E-state index contributed by atoms with van der Waals surface area (Å²) in [7, 11) is 0. The van der Waals surface area contributed by atoms with Gasteiger partial charge in [-0.25, -0.2) is 4.39 Å². The molecular weight excluding hydrogens is 239 g/mol. The largest absolute Gasteiger partial charge is 0.317 e. The van der Waals surface area contributed by atoms with Gasteiger partial charge in [-0.15, -0.1) is 0 Å². The number of fused-ring (bicyclic) bond motifs is 2. The first-order valence-corrected chi connectivity index (χ1v) is 7.54. The van der Waals surface area contributed by atoms with Crippen LogP contribution in [0.3, 0.4) is 0 Å². The van der Waals surface area contributed by atoms with Gasteiger partial charge in [-0.2, -0.15) is 0 Å². The van der Waals surface area contributed by atoms with Crippen LogP contribution in [-0.2, 0) is 5.41 Å². The zero-order valence-corrected chi connectivity index (χ0v) is 11.2. The van der Waals surface area contributed by atoms with Crippen molar-refractivity contribution in [3.05, 3.63) is 35.1 Å². The maximum Gasteiger partial charge on any atom is 0.123 e. The Labute approximate surface area is 113 Å². The summed E-state index contributed by atoms with van der Waals surface area (Å²) >= 11 is 0. The van der Waals surface area contributed by atoms with Crippen molar-refractivity contribution in [1.82, 2.24) is 10.6 Å².